The van der Waals surface area contributed by atoms with Gasteiger partial charge in [-0.15, -0.1) is 0 Å². The fraction of sp³-hybridized carbons (Fsp3) is 0.196. The van der Waals surface area contributed by atoms with Crippen LogP contribution in [0.1, 0.15) is 59.6 Å². The highest BCUT2D eigenvalue weighted by atomic mass is 16.7. The normalized spacial score (nSPS) is 17.1. The van der Waals surface area contributed by atoms with Crippen LogP contribution >= 0.6 is 0 Å². The molecule has 0 aliphatic carbocycles. The van der Waals surface area contributed by atoms with Crippen LogP contribution in [0, 0.1) is 0 Å². The van der Waals surface area contributed by atoms with Gasteiger partial charge in [-0.3, -0.25) is 4.90 Å². The van der Waals surface area contributed by atoms with Gasteiger partial charge >= 0.3 is 6.03 Å². The molecule has 0 spiro atoms. The zero-order chi connectivity index (χ0) is 40.6. The fourth-order valence-electron chi connectivity index (χ4n) is 7.52. The van der Waals surface area contributed by atoms with E-state index in [9.17, 15) is 9.90 Å². The third-order valence-corrected chi connectivity index (χ3v) is 11.0. The molecule has 1 heterocycles. The highest BCUT2D eigenvalue weighted by Gasteiger charge is 2.33. The molecule has 3 N–H and O–H groups in total. The molecule has 4 unspecified atom stereocenters. The second kappa shape index (κ2) is 18.5. The van der Waals surface area contributed by atoms with Gasteiger partial charge in [-0.2, -0.15) is 0 Å². The summed E-state index contributed by atoms with van der Waals surface area (Å²) in [6, 6.07) is 56.4. The Balaban J connectivity index is 0.910. The molecule has 1 fully saturated rings. The molecule has 298 valence electrons. The maximum atomic E-state index is 12.8. The average molecular weight is 784 g/mol. The molecular weight excluding hydrogens is 735 g/mol. The van der Waals surface area contributed by atoms with Crippen LogP contribution < -0.4 is 15.4 Å². The number of hydrogen-bond donors (Lipinski definition) is 3. The summed E-state index contributed by atoms with van der Waals surface area (Å²) < 4.78 is 19.3. The number of urea groups is 1. The van der Waals surface area contributed by atoms with Crippen molar-refractivity contribution in [2.45, 2.75) is 51.0 Å². The molecule has 7 aromatic carbocycles. The highest BCUT2D eigenvalue weighted by Crippen LogP contribution is 2.39. The van der Waals surface area contributed by atoms with Crippen molar-refractivity contribution >= 4 is 22.5 Å². The molecule has 0 aromatic heterocycles. The number of aliphatic hydroxyl groups excluding tert-OH is 1. The van der Waals surface area contributed by atoms with Crippen molar-refractivity contribution in [2.24, 2.45) is 0 Å². The van der Waals surface area contributed by atoms with E-state index in [1.807, 2.05) is 91.0 Å². The Bertz CT molecular complexity index is 2460. The smallest absolute Gasteiger partial charge is 0.319 e. The fourth-order valence-corrected chi connectivity index (χ4v) is 7.52. The van der Waals surface area contributed by atoms with E-state index < -0.39 is 6.29 Å². The molecule has 8 heteroatoms. The Hall–Kier alpha value is -6.29. The molecule has 0 radical (unpaired) electrons. The van der Waals surface area contributed by atoms with E-state index in [4.69, 9.17) is 14.2 Å². The van der Waals surface area contributed by atoms with Gasteiger partial charge in [0.25, 0.3) is 0 Å². The van der Waals surface area contributed by atoms with Crippen LogP contribution in [0.5, 0.6) is 11.5 Å². The first-order chi connectivity index (χ1) is 28.9. The van der Waals surface area contributed by atoms with Gasteiger partial charge in [0, 0.05) is 36.8 Å². The van der Waals surface area contributed by atoms with Gasteiger partial charge in [0.15, 0.2) is 6.29 Å². The number of nitrogens with one attached hydrogen (secondary N) is 2. The Morgan fingerprint density at radius 1 is 0.712 bits per heavy atom. The molecule has 2 amide bonds. The van der Waals surface area contributed by atoms with Gasteiger partial charge < -0.3 is 30.0 Å². The molecule has 59 heavy (non-hydrogen) atoms. The lowest BCUT2D eigenvalue weighted by molar-refractivity contribution is -0.253. The van der Waals surface area contributed by atoms with Crippen LogP contribution in [0.3, 0.4) is 0 Å². The third kappa shape index (κ3) is 10.1. The number of aliphatic hydroxyl groups is 1. The summed E-state index contributed by atoms with van der Waals surface area (Å²) in [5.41, 5.74) is 7.87. The number of likely N-dealkylation sites (N-methyl/N-ethyl adjacent to an activating group) is 1. The molecular formula is C51H49N3O5. The van der Waals surface area contributed by atoms with Crippen LogP contribution in [0.25, 0.3) is 21.9 Å². The van der Waals surface area contributed by atoms with Gasteiger partial charge in [0.2, 0.25) is 0 Å². The topological polar surface area (TPSA) is 92.3 Å². The lowest BCUT2D eigenvalue weighted by atomic mass is 9.98. The first kappa shape index (κ1) is 39.5. The lowest BCUT2D eigenvalue weighted by Gasteiger charge is -2.39. The van der Waals surface area contributed by atoms with E-state index in [1.165, 1.54) is 16.3 Å². The van der Waals surface area contributed by atoms with Crippen molar-refractivity contribution in [1.82, 2.24) is 10.2 Å². The zero-order valence-electron chi connectivity index (χ0n) is 33.3. The lowest BCUT2D eigenvalue weighted by Crippen LogP contribution is -2.38. The van der Waals surface area contributed by atoms with Gasteiger partial charge in [0.05, 0.1) is 18.8 Å². The number of carbonyl (C=O) groups is 1. The number of rotatable bonds is 13. The van der Waals surface area contributed by atoms with Gasteiger partial charge in [-0.25, -0.2) is 4.79 Å². The van der Waals surface area contributed by atoms with E-state index in [-0.39, 0.29) is 30.9 Å². The largest absolute Gasteiger partial charge is 0.457 e. The molecule has 7 aromatic rings. The number of amides is 2. The minimum absolute atomic E-state index is 0.000326. The maximum Gasteiger partial charge on any atom is 0.319 e. The predicted molar refractivity (Wildman–Crippen MR) is 234 cm³/mol. The number of anilines is 1. The van der Waals surface area contributed by atoms with E-state index in [0.717, 1.165) is 45.7 Å². The van der Waals surface area contributed by atoms with Crippen LogP contribution in [0.4, 0.5) is 10.5 Å². The monoisotopic (exact) mass is 783 g/mol. The number of benzene rings is 7. The summed E-state index contributed by atoms with van der Waals surface area (Å²) in [6.07, 6.45) is -0.115. The quantitative estimate of drug-likeness (QED) is 0.108. The van der Waals surface area contributed by atoms with Crippen LogP contribution in [-0.4, -0.2) is 35.7 Å². The number of hydrogen-bond acceptors (Lipinski definition) is 6. The molecule has 0 bridgehead atoms. The minimum atomic E-state index is -0.559. The van der Waals surface area contributed by atoms with Crippen LogP contribution in [0.15, 0.2) is 170 Å². The third-order valence-electron chi connectivity index (χ3n) is 11.0. The van der Waals surface area contributed by atoms with Crippen LogP contribution in [0.2, 0.25) is 0 Å². The summed E-state index contributed by atoms with van der Waals surface area (Å²) in [4.78, 5) is 15.1. The number of ether oxygens (including phenoxy) is 3. The SMILES string of the molecule is CC(c1ccc2ccccc2c1)N(C)CC1CC(c2ccc(CO)cc2)OC(c2ccc(-c3cccc(CNC(=O)Nc4ccc(Oc5ccccc5)cc4)c3)cc2)O1. The second-order valence-corrected chi connectivity index (χ2v) is 15.1. The van der Waals surface area contributed by atoms with Crippen molar-refractivity contribution in [3.8, 4) is 22.6 Å². The molecule has 8 nitrogen and oxygen atoms in total. The molecule has 4 atom stereocenters. The number of carbonyl (C=O) groups excluding carboxylic acids is 1. The number of nitrogens with zero attached hydrogens (tertiary/aromatic N) is 1. The van der Waals surface area contributed by atoms with Gasteiger partial charge in [0.1, 0.15) is 11.5 Å². The Morgan fingerprint density at radius 3 is 2.19 bits per heavy atom. The average Bonchev–Trinajstić information content (AvgIpc) is 3.29. The predicted octanol–water partition coefficient (Wildman–Crippen LogP) is 11.4. The number of para-hydroxylation sites is 1. The van der Waals surface area contributed by atoms with E-state index in [1.54, 1.807) is 0 Å². The van der Waals surface area contributed by atoms with Crippen LogP contribution in [-0.2, 0) is 22.6 Å². The van der Waals surface area contributed by atoms with Crippen molar-refractivity contribution in [3.63, 3.8) is 0 Å². The molecule has 1 aliphatic heterocycles. The van der Waals surface area contributed by atoms with Crippen molar-refractivity contribution in [3.05, 3.63) is 198 Å². The van der Waals surface area contributed by atoms with E-state index in [0.29, 0.717) is 24.4 Å². The Labute approximate surface area is 346 Å². The van der Waals surface area contributed by atoms with Crippen molar-refractivity contribution in [1.29, 1.82) is 0 Å². The summed E-state index contributed by atoms with van der Waals surface area (Å²) in [5.74, 6) is 1.44. The zero-order valence-corrected chi connectivity index (χ0v) is 33.3. The second-order valence-electron chi connectivity index (χ2n) is 15.1. The summed E-state index contributed by atoms with van der Waals surface area (Å²) in [5, 5.41) is 18.0. The molecule has 1 aliphatic rings. The standard InChI is InChI=1S/C51H49N3O5/c1-35(42-24-21-38-10-6-7-11-44(38)30-42)54(2)33-48-31-49(40-17-15-36(34-55)16-18-40)59-50(58-48)41-22-19-39(20-23-41)43-12-8-9-37(29-43)32-52-51(56)53-45-25-27-47(28-26-45)57-46-13-4-3-5-14-46/h3-30,35,48-50,55H,31-34H2,1-2H3,(H2,52,53,56). The number of fused-ring (bicyclic) bond motifs is 1. The van der Waals surface area contributed by atoms with Gasteiger partial charge in [-0.05, 0) is 107 Å². The Kier molecular flexibility index (Phi) is 12.4. The first-order valence-corrected chi connectivity index (χ1v) is 20.1. The van der Waals surface area contributed by atoms with Gasteiger partial charge in [-0.1, -0.05) is 121 Å². The molecule has 8 rings (SSSR count). The summed E-state index contributed by atoms with van der Waals surface area (Å²) in [7, 11) is 2.16. The van der Waals surface area contributed by atoms with Crippen molar-refractivity contribution in [2.75, 3.05) is 18.9 Å². The first-order valence-electron chi connectivity index (χ1n) is 20.1. The van der Waals surface area contributed by atoms with E-state index >= 15 is 0 Å². The van der Waals surface area contributed by atoms with E-state index in [2.05, 4.69) is 108 Å². The summed E-state index contributed by atoms with van der Waals surface area (Å²) in [6.45, 7) is 3.34. The minimum Gasteiger partial charge on any atom is -0.457 e. The molecule has 0 saturated carbocycles. The Morgan fingerprint density at radius 2 is 1.42 bits per heavy atom. The molecule has 1 saturated heterocycles. The maximum absolute atomic E-state index is 12.8. The highest BCUT2D eigenvalue weighted by molar-refractivity contribution is 5.89. The van der Waals surface area contributed by atoms with Crippen molar-refractivity contribution < 1.29 is 24.1 Å². The summed E-state index contributed by atoms with van der Waals surface area (Å²) >= 11 is 0.